The molecule has 1 N–H and O–H groups in total. The summed E-state index contributed by atoms with van der Waals surface area (Å²) in [6.45, 7) is 0.978. The highest BCUT2D eigenvalue weighted by molar-refractivity contribution is 6.01. The predicted molar refractivity (Wildman–Crippen MR) is 127 cm³/mol. The molecular weight excluding hydrogens is 432 g/mol. The topological polar surface area (TPSA) is 89.8 Å². The fourth-order valence-electron chi connectivity index (χ4n) is 3.46. The van der Waals surface area contributed by atoms with Crippen molar-refractivity contribution < 1.29 is 23.7 Å². The van der Waals surface area contributed by atoms with E-state index in [-0.39, 0.29) is 12.4 Å². The Balaban J connectivity index is 1.39. The monoisotopic (exact) mass is 456 g/mol. The van der Waals surface area contributed by atoms with Crippen LogP contribution >= 0.6 is 0 Å². The van der Waals surface area contributed by atoms with Crippen molar-refractivity contribution >= 4 is 12.0 Å². The highest BCUT2D eigenvalue weighted by Gasteiger charge is 2.14. The van der Waals surface area contributed by atoms with Gasteiger partial charge in [0.05, 0.1) is 7.11 Å². The molecule has 0 spiro atoms. The van der Waals surface area contributed by atoms with Crippen molar-refractivity contribution in [2.24, 2.45) is 0 Å². The number of ether oxygens (including phenoxy) is 4. The molecule has 1 aliphatic rings. The summed E-state index contributed by atoms with van der Waals surface area (Å²) >= 11 is 0. The van der Waals surface area contributed by atoms with E-state index in [1.807, 2.05) is 54.6 Å². The van der Waals surface area contributed by atoms with Gasteiger partial charge in [0.25, 0.3) is 5.91 Å². The lowest BCUT2D eigenvalue weighted by Gasteiger charge is -2.12. The molecule has 7 nitrogen and oxygen atoms in total. The number of methoxy groups -OCH3 is 1. The largest absolute Gasteiger partial charge is 0.493 e. The fraction of sp³-hybridized carbons (Fsp3) is 0.185. The van der Waals surface area contributed by atoms with Crippen LogP contribution in [0.2, 0.25) is 0 Å². The van der Waals surface area contributed by atoms with Crippen LogP contribution in [0.3, 0.4) is 0 Å². The Morgan fingerprint density at radius 1 is 1.03 bits per heavy atom. The van der Waals surface area contributed by atoms with E-state index < -0.39 is 5.91 Å². The van der Waals surface area contributed by atoms with E-state index in [0.717, 1.165) is 16.9 Å². The first-order valence-corrected chi connectivity index (χ1v) is 10.8. The standard InChI is InChI=1S/C27H24N2O5/c1-31-25-14-20(13-22(16-28)27(30)29-12-11-19-5-3-2-4-6-19)7-9-23(25)32-17-21-8-10-24-26(15-21)34-18-33-24/h2-10,13-15H,11-12,17-18H2,1H3,(H,29,30)/b22-13+. The van der Waals surface area contributed by atoms with Gasteiger partial charge >= 0.3 is 0 Å². The minimum Gasteiger partial charge on any atom is -0.493 e. The lowest BCUT2D eigenvalue weighted by atomic mass is 10.1. The fourth-order valence-corrected chi connectivity index (χ4v) is 3.46. The maximum absolute atomic E-state index is 12.5. The third-order valence-corrected chi connectivity index (χ3v) is 5.24. The van der Waals surface area contributed by atoms with Crippen LogP contribution < -0.4 is 24.3 Å². The molecule has 0 fully saturated rings. The summed E-state index contributed by atoms with van der Waals surface area (Å²) in [4.78, 5) is 12.5. The first kappa shape index (κ1) is 22.7. The minimum atomic E-state index is -0.416. The number of nitriles is 1. The third-order valence-electron chi connectivity index (χ3n) is 5.24. The predicted octanol–water partition coefficient (Wildman–Crippen LogP) is 4.27. The third kappa shape index (κ3) is 5.67. The Bertz CT molecular complexity index is 1230. The summed E-state index contributed by atoms with van der Waals surface area (Å²) in [5.41, 5.74) is 2.71. The van der Waals surface area contributed by atoms with Gasteiger partial charge in [-0.1, -0.05) is 42.5 Å². The van der Waals surface area contributed by atoms with Crippen molar-refractivity contribution in [2.45, 2.75) is 13.0 Å². The van der Waals surface area contributed by atoms with Gasteiger partial charge in [-0.15, -0.1) is 0 Å². The zero-order valence-corrected chi connectivity index (χ0v) is 18.7. The van der Waals surface area contributed by atoms with Gasteiger partial charge in [0.2, 0.25) is 6.79 Å². The second kappa shape index (κ2) is 10.9. The van der Waals surface area contributed by atoms with Gasteiger partial charge < -0.3 is 24.3 Å². The van der Waals surface area contributed by atoms with Crippen LogP contribution in [0.25, 0.3) is 6.08 Å². The van der Waals surface area contributed by atoms with Gasteiger partial charge in [0.1, 0.15) is 18.2 Å². The van der Waals surface area contributed by atoms with E-state index in [9.17, 15) is 10.1 Å². The quantitative estimate of drug-likeness (QED) is 0.382. The van der Waals surface area contributed by atoms with Crippen molar-refractivity contribution in [3.63, 3.8) is 0 Å². The van der Waals surface area contributed by atoms with E-state index in [1.54, 1.807) is 18.2 Å². The number of amides is 1. The van der Waals surface area contributed by atoms with Gasteiger partial charge in [-0.25, -0.2) is 0 Å². The molecule has 0 unspecified atom stereocenters. The SMILES string of the molecule is COc1cc(/C=C(\C#N)C(=O)NCCc2ccccc2)ccc1OCc1ccc2c(c1)OCO2. The number of hydrogen-bond acceptors (Lipinski definition) is 6. The number of benzene rings is 3. The lowest BCUT2D eigenvalue weighted by molar-refractivity contribution is -0.117. The van der Waals surface area contributed by atoms with E-state index in [1.165, 1.54) is 13.2 Å². The zero-order valence-electron chi connectivity index (χ0n) is 18.7. The van der Waals surface area contributed by atoms with Gasteiger partial charge in [0, 0.05) is 6.54 Å². The van der Waals surface area contributed by atoms with Crippen molar-refractivity contribution in [2.75, 3.05) is 20.4 Å². The van der Waals surface area contributed by atoms with Crippen molar-refractivity contribution in [3.8, 4) is 29.1 Å². The molecule has 1 heterocycles. The Kier molecular flexibility index (Phi) is 7.31. The Labute approximate surface area is 198 Å². The second-order valence-corrected chi connectivity index (χ2v) is 7.55. The first-order chi connectivity index (χ1) is 16.7. The number of carbonyl (C=O) groups is 1. The van der Waals surface area contributed by atoms with E-state index in [2.05, 4.69) is 5.32 Å². The maximum atomic E-state index is 12.5. The summed E-state index contributed by atoms with van der Waals surface area (Å²) in [5.74, 6) is 2.04. The zero-order chi connectivity index (χ0) is 23.8. The van der Waals surface area contributed by atoms with Crippen LogP contribution in [-0.2, 0) is 17.8 Å². The average Bonchev–Trinajstić information content (AvgIpc) is 3.35. The molecule has 34 heavy (non-hydrogen) atoms. The summed E-state index contributed by atoms with van der Waals surface area (Å²) in [6, 6.07) is 22.7. The molecular formula is C27H24N2O5. The van der Waals surface area contributed by atoms with Crippen LogP contribution in [0.1, 0.15) is 16.7 Å². The van der Waals surface area contributed by atoms with Gasteiger partial charge in [-0.3, -0.25) is 4.79 Å². The normalized spacial score (nSPS) is 12.1. The summed E-state index contributed by atoms with van der Waals surface area (Å²) in [7, 11) is 1.54. The average molecular weight is 456 g/mol. The molecule has 0 radical (unpaired) electrons. The highest BCUT2D eigenvalue weighted by atomic mass is 16.7. The molecule has 0 saturated carbocycles. The highest BCUT2D eigenvalue weighted by Crippen LogP contribution is 2.34. The number of rotatable bonds is 9. The van der Waals surface area contributed by atoms with Gasteiger partial charge in [-0.05, 0) is 53.5 Å². The van der Waals surface area contributed by atoms with E-state index in [0.29, 0.717) is 42.4 Å². The van der Waals surface area contributed by atoms with E-state index >= 15 is 0 Å². The lowest BCUT2D eigenvalue weighted by Crippen LogP contribution is -2.26. The molecule has 7 heteroatoms. The van der Waals surface area contributed by atoms with Crippen molar-refractivity contribution in [1.29, 1.82) is 5.26 Å². The molecule has 0 atom stereocenters. The van der Waals surface area contributed by atoms with Crippen LogP contribution in [-0.4, -0.2) is 26.4 Å². The van der Waals surface area contributed by atoms with Crippen molar-refractivity contribution in [3.05, 3.63) is 89.0 Å². The molecule has 0 saturated heterocycles. The molecule has 3 aromatic rings. The van der Waals surface area contributed by atoms with Crippen molar-refractivity contribution in [1.82, 2.24) is 5.32 Å². The second-order valence-electron chi connectivity index (χ2n) is 7.55. The molecule has 172 valence electrons. The molecule has 0 aliphatic carbocycles. The van der Waals surface area contributed by atoms with Crippen LogP contribution in [0.5, 0.6) is 23.0 Å². The minimum absolute atomic E-state index is 0.0177. The van der Waals surface area contributed by atoms with Gasteiger partial charge in [0.15, 0.2) is 23.0 Å². The van der Waals surface area contributed by atoms with Crippen LogP contribution in [0.4, 0.5) is 0 Å². The summed E-state index contributed by atoms with van der Waals surface area (Å²) in [6.07, 6.45) is 2.22. The molecule has 1 aliphatic heterocycles. The van der Waals surface area contributed by atoms with Gasteiger partial charge in [-0.2, -0.15) is 5.26 Å². The van der Waals surface area contributed by atoms with Crippen LogP contribution in [0.15, 0.2) is 72.3 Å². The molecule has 4 rings (SSSR count). The first-order valence-electron chi connectivity index (χ1n) is 10.8. The number of nitrogens with one attached hydrogen (secondary N) is 1. The molecule has 0 aromatic heterocycles. The molecule has 0 bridgehead atoms. The maximum Gasteiger partial charge on any atom is 0.261 e. The molecule has 1 amide bonds. The number of nitrogens with zero attached hydrogens (tertiary/aromatic N) is 1. The summed E-state index contributed by atoms with van der Waals surface area (Å²) < 4.78 is 22.1. The Morgan fingerprint density at radius 2 is 1.85 bits per heavy atom. The Hall–Kier alpha value is -4.44. The summed E-state index contributed by atoms with van der Waals surface area (Å²) in [5, 5.41) is 12.3. The van der Waals surface area contributed by atoms with E-state index in [4.69, 9.17) is 18.9 Å². The Morgan fingerprint density at radius 3 is 2.65 bits per heavy atom. The number of hydrogen-bond donors (Lipinski definition) is 1. The van der Waals surface area contributed by atoms with Crippen LogP contribution in [0, 0.1) is 11.3 Å². The number of fused-ring (bicyclic) bond motifs is 1. The smallest absolute Gasteiger partial charge is 0.261 e. The number of carbonyl (C=O) groups excluding carboxylic acids is 1. The molecule has 3 aromatic carbocycles.